The summed E-state index contributed by atoms with van der Waals surface area (Å²) in [7, 11) is 0. The number of nitrogens with two attached hydrogens (primary N) is 1. The summed E-state index contributed by atoms with van der Waals surface area (Å²) in [5.74, 6) is 0.788. The summed E-state index contributed by atoms with van der Waals surface area (Å²) in [6, 6.07) is 0. The van der Waals surface area contributed by atoms with Gasteiger partial charge in [0.25, 0.3) is 0 Å². The Morgan fingerprint density at radius 2 is 2.00 bits per heavy atom. The van der Waals surface area contributed by atoms with E-state index in [1.807, 2.05) is 0 Å². The van der Waals surface area contributed by atoms with E-state index in [1.165, 1.54) is 25.7 Å². The van der Waals surface area contributed by atoms with Crippen LogP contribution in [-0.2, 0) is 0 Å². The maximum atomic E-state index is 9.43. The van der Waals surface area contributed by atoms with Gasteiger partial charge in [-0.05, 0) is 25.3 Å². The lowest BCUT2D eigenvalue weighted by atomic mass is 9.98. The number of aliphatic hydroxyl groups is 1. The van der Waals surface area contributed by atoms with Crippen LogP contribution in [-0.4, -0.2) is 17.8 Å². The van der Waals surface area contributed by atoms with Gasteiger partial charge in [0.1, 0.15) is 0 Å². The van der Waals surface area contributed by atoms with E-state index in [4.69, 9.17) is 5.73 Å². The highest BCUT2D eigenvalue weighted by Gasteiger charge is 2.17. The summed E-state index contributed by atoms with van der Waals surface area (Å²) in [5.41, 5.74) is 5.34. The molecule has 1 unspecified atom stereocenters. The zero-order valence-electron chi connectivity index (χ0n) is 7.13. The van der Waals surface area contributed by atoms with Crippen molar-refractivity contribution in [3.05, 3.63) is 0 Å². The molecular formula is C9H19NO. The molecule has 0 aromatic carbocycles. The quantitative estimate of drug-likeness (QED) is 0.645. The lowest BCUT2D eigenvalue weighted by molar-refractivity contribution is 0.136. The number of aliphatic hydroxyl groups excluding tert-OH is 1. The molecule has 1 atom stereocenters. The van der Waals surface area contributed by atoms with Crippen LogP contribution in [0.1, 0.15) is 38.5 Å². The molecule has 66 valence electrons. The molecule has 0 aromatic rings. The zero-order valence-corrected chi connectivity index (χ0v) is 7.13. The Kier molecular flexibility index (Phi) is 3.87. The van der Waals surface area contributed by atoms with Gasteiger partial charge in [-0.25, -0.2) is 0 Å². The number of hydrogen-bond acceptors (Lipinski definition) is 2. The van der Waals surface area contributed by atoms with Crippen molar-refractivity contribution < 1.29 is 5.11 Å². The fraction of sp³-hybridized carbons (Fsp3) is 1.00. The molecule has 0 radical (unpaired) electrons. The van der Waals surface area contributed by atoms with E-state index in [-0.39, 0.29) is 6.10 Å². The molecule has 2 heteroatoms. The van der Waals surface area contributed by atoms with E-state index < -0.39 is 0 Å². The molecule has 2 nitrogen and oxygen atoms in total. The van der Waals surface area contributed by atoms with Gasteiger partial charge in [-0.2, -0.15) is 0 Å². The van der Waals surface area contributed by atoms with Gasteiger partial charge in [-0.3, -0.25) is 0 Å². The van der Waals surface area contributed by atoms with Crippen LogP contribution in [0.25, 0.3) is 0 Å². The second-order valence-corrected chi connectivity index (χ2v) is 3.62. The maximum absolute atomic E-state index is 9.43. The van der Waals surface area contributed by atoms with E-state index in [1.54, 1.807) is 0 Å². The fourth-order valence-electron chi connectivity index (χ4n) is 1.94. The van der Waals surface area contributed by atoms with Crippen LogP contribution in [0, 0.1) is 5.92 Å². The van der Waals surface area contributed by atoms with Crippen molar-refractivity contribution in [2.24, 2.45) is 11.7 Å². The SMILES string of the molecule is NCCC(O)CC1CCCC1. The van der Waals surface area contributed by atoms with E-state index in [0.717, 1.165) is 18.8 Å². The van der Waals surface area contributed by atoms with Crippen LogP contribution in [0.3, 0.4) is 0 Å². The molecule has 3 N–H and O–H groups in total. The third-order valence-electron chi connectivity index (χ3n) is 2.58. The van der Waals surface area contributed by atoms with E-state index >= 15 is 0 Å². The zero-order chi connectivity index (χ0) is 8.10. The molecular weight excluding hydrogens is 138 g/mol. The molecule has 11 heavy (non-hydrogen) atoms. The molecule has 1 saturated carbocycles. The van der Waals surface area contributed by atoms with Crippen molar-refractivity contribution in [3.63, 3.8) is 0 Å². The van der Waals surface area contributed by atoms with Crippen LogP contribution in [0.2, 0.25) is 0 Å². The Bertz CT molecular complexity index is 99.7. The van der Waals surface area contributed by atoms with Crippen LogP contribution >= 0.6 is 0 Å². The Balaban J connectivity index is 2.08. The second kappa shape index (κ2) is 4.73. The highest BCUT2D eigenvalue weighted by molar-refractivity contribution is 4.71. The first-order valence-electron chi connectivity index (χ1n) is 4.71. The Hall–Kier alpha value is -0.0800. The Labute approximate surface area is 68.8 Å². The minimum absolute atomic E-state index is 0.136. The monoisotopic (exact) mass is 157 g/mol. The van der Waals surface area contributed by atoms with Crippen molar-refractivity contribution in [1.29, 1.82) is 0 Å². The second-order valence-electron chi connectivity index (χ2n) is 3.62. The van der Waals surface area contributed by atoms with Crippen molar-refractivity contribution in [1.82, 2.24) is 0 Å². The summed E-state index contributed by atoms with van der Waals surface area (Å²) in [4.78, 5) is 0. The van der Waals surface area contributed by atoms with E-state index in [2.05, 4.69) is 0 Å². The van der Waals surface area contributed by atoms with Crippen molar-refractivity contribution in [3.8, 4) is 0 Å². The predicted molar refractivity (Wildman–Crippen MR) is 46.3 cm³/mol. The van der Waals surface area contributed by atoms with Crippen LogP contribution < -0.4 is 5.73 Å². The van der Waals surface area contributed by atoms with Crippen molar-refractivity contribution in [2.75, 3.05) is 6.54 Å². The van der Waals surface area contributed by atoms with Crippen molar-refractivity contribution in [2.45, 2.75) is 44.6 Å². The lowest BCUT2D eigenvalue weighted by Crippen LogP contribution is -2.16. The summed E-state index contributed by atoms with van der Waals surface area (Å²) in [6.07, 6.45) is 6.99. The lowest BCUT2D eigenvalue weighted by Gasteiger charge is -2.13. The first-order valence-corrected chi connectivity index (χ1v) is 4.71. The normalized spacial score (nSPS) is 22.4. The largest absolute Gasteiger partial charge is 0.393 e. The standard InChI is InChI=1S/C9H19NO/c10-6-5-9(11)7-8-3-1-2-4-8/h8-9,11H,1-7,10H2. The highest BCUT2D eigenvalue weighted by Crippen LogP contribution is 2.28. The van der Waals surface area contributed by atoms with Crippen LogP contribution in [0.4, 0.5) is 0 Å². The van der Waals surface area contributed by atoms with Gasteiger partial charge in [0.05, 0.1) is 6.10 Å². The number of rotatable bonds is 4. The summed E-state index contributed by atoms with van der Waals surface area (Å²) < 4.78 is 0. The van der Waals surface area contributed by atoms with Gasteiger partial charge in [0.15, 0.2) is 0 Å². The average Bonchev–Trinajstić information content (AvgIpc) is 2.40. The van der Waals surface area contributed by atoms with Crippen LogP contribution in [0.15, 0.2) is 0 Å². The molecule has 0 spiro atoms. The molecule has 1 aliphatic carbocycles. The van der Waals surface area contributed by atoms with E-state index in [9.17, 15) is 5.11 Å². The molecule has 0 bridgehead atoms. The predicted octanol–water partition coefficient (Wildman–Crippen LogP) is 1.28. The van der Waals surface area contributed by atoms with Gasteiger partial charge in [-0.15, -0.1) is 0 Å². The third-order valence-corrected chi connectivity index (χ3v) is 2.58. The molecule has 0 saturated heterocycles. The van der Waals surface area contributed by atoms with Gasteiger partial charge >= 0.3 is 0 Å². The molecule has 0 heterocycles. The molecule has 1 fully saturated rings. The summed E-state index contributed by atoms with van der Waals surface area (Å²) >= 11 is 0. The van der Waals surface area contributed by atoms with Crippen molar-refractivity contribution >= 4 is 0 Å². The first-order chi connectivity index (χ1) is 5.33. The highest BCUT2D eigenvalue weighted by atomic mass is 16.3. The maximum Gasteiger partial charge on any atom is 0.0554 e. The van der Waals surface area contributed by atoms with Crippen LogP contribution in [0.5, 0.6) is 0 Å². The Morgan fingerprint density at radius 1 is 1.36 bits per heavy atom. The molecule has 0 amide bonds. The Morgan fingerprint density at radius 3 is 2.55 bits per heavy atom. The number of hydrogen-bond donors (Lipinski definition) is 2. The smallest absolute Gasteiger partial charge is 0.0554 e. The van der Waals surface area contributed by atoms with E-state index in [0.29, 0.717) is 6.54 Å². The summed E-state index contributed by atoms with van der Waals surface area (Å²) in [6.45, 7) is 0.619. The minimum Gasteiger partial charge on any atom is -0.393 e. The molecule has 1 aliphatic rings. The first kappa shape index (κ1) is 9.01. The molecule has 0 aromatic heterocycles. The van der Waals surface area contributed by atoms with Gasteiger partial charge in [0, 0.05) is 0 Å². The molecule has 1 rings (SSSR count). The van der Waals surface area contributed by atoms with Gasteiger partial charge in [0.2, 0.25) is 0 Å². The average molecular weight is 157 g/mol. The minimum atomic E-state index is -0.136. The summed E-state index contributed by atoms with van der Waals surface area (Å²) in [5, 5.41) is 9.43. The van der Waals surface area contributed by atoms with Gasteiger partial charge < -0.3 is 10.8 Å². The topological polar surface area (TPSA) is 46.2 Å². The fourth-order valence-corrected chi connectivity index (χ4v) is 1.94. The third kappa shape index (κ3) is 3.21. The molecule has 0 aliphatic heterocycles. The van der Waals surface area contributed by atoms with Gasteiger partial charge in [-0.1, -0.05) is 25.7 Å².